The number of ether oxygens (including phenoxy) is 1. The Kier molecular flexibility index (Phi) is 5.89. The maximum atomic E-state index is 11.9. The van der Waals surface area contributed by atoms with Crippen LogP contribution in [0.3, 0.4) is 0 Å². The van der Waals surface area contributed by atoms with Crippen LogP contribution in [0.4, 0.5) is 10.5 Å². The molecule has 26 heavy (non-hydrogen) atoms. The summed E-state index contributed by atoms with van der Waals surface area (Å²) in [5.41, 5.74) is 4.07. The number of carbonyl (C=O) groups is 2. The molecule has 0 saturated carbocycles. The van der Waals surface area contributed by atoms with E-state index < -0.39 is 0 Å². The van der Waals surface area contributed by atoms with Gasteiger partial charge in [0, 0.05) is 11.3 Å². The number of aryl methyl sites for hydroxylation is 2. The third kappa shape index (κ3) is 4.85. The lowest BCUT2D eigenvalue weighted by molar-refractivity contribution is 0.101. The van der Waals surface area contributed by atoms with Gasteiger partial charge in [-0.2, -0.15) is 0 Å². The number of benzene rings is 2. The second-order valence-electron chi connectivity index (χ2n) is 6.50. The number of hydrogen-bond donors (Lipinski definition) is 2. The molecule has 0 unspecified atom stereocenters. The summed E-state index contributed by atoms with van der Waals surface area (Å²) < 4.78 is 5.73. The molecule has 136 valence electrons. The second-order valence-corrected chi connectivity index (χ2v) is 6.50. The van der Waals surface area contributed by atoms with Crippen molar-refractivity contribution < 1.29 is 14.3 Å². The van der Waals surface area contributed by atoms with Crippen LogP contribution in [0.5, 0.6) is 5.75 Å². The molecule has 0 bridgehead atoms. The van der Waals surface area contributed by atoms with Crippen LogP contribution in [0, 0.1) is 0 Å². The number of ketones is 1. The Morgan fingerprint density at radius 2 is 1.73 bits per heavy atom. The predicted molar refractivity (Wildman–Crippen MR) is 102 cm³/mol. The number of amides is 2. The van der Waals surface area contributed by atoms with Gasteiger partial charge in [0.25, 0.3) is 0 Å². The molecule has 1 aliphatic rings. The molecule has 1 aliphatic carbocycles. The Bertz CT molecular complexity index is 784. The Balaban J connectivity index is 1.40. The predicted octanol–water partition coefficient (Wildman–Crippen LogP) is 3.97. The minimum absolute atomic E-state index is 0.000304. The van der Waals surface area contributed by atoms with Crippen molar-refractivity contribution in [1.82, 2.24) is 5.32 Å². The fourth-order valence-corrected chi connectivity index (χ4v) is 3.10. The normalized spacial score (nSPS) is 12.8. The van der Waals surface area contributed by atoms with Crippen LogP contribution in [0.25, 0.3) is 0 Å². The molecule has 5 heteroatoms. The van der Waals surface area contributed by atoms with E-state index in [-0.39, 0.29) is 11.8 Å². The molecular weight excluding hydrogens is 328 g/mol. The Hall–Kier alpha value is -2.82. The average molecular weight is 352 g/mol. The zero-order valence-electron chi connectivity index (χ0n) is 15.0. The van der Waals surface area contributed by atoms with Gasteiger partial charge in [0.05, 0.1) is 6.54 Å². The topological polar surface area (TPSA) is 67.4 Å². The first-order valence-electron chi connectivity index (χ1n) is 9.02. The highest BCUT2D eigenvalue weighted by molar-refractivity contribution is 5.95. The van der Waals surface area contributed by atoms with Gasteiger partial charge in [-0.25, -0.2) is 4.79 Å². The summed E-state index contributed by atoms with van der Waals surface area (Å²) in [4.78, 5) is 23.1. The molecule has 2 N–H and O–H groups in total. The lowest BCUT2D eigenvalue weighted by atomic mass is 9.92. The lowest BCUT2D eigenvalue weighted by Crippen LogP contribution is -2.32. The van der Waals surface area contributed by atoms with Gasteiger partial charge in [0.1, 0.15) is 12.4 Å². The first-order chi connectivity index (χ1) is 12.6. The molecule has 0 atom stereocenters. The fraction of sp³-hybridized carbons (Fsp3) is 0.333. The Morgan fingerprint density at radius 1 is 1.00 bits per heavy atom. The smallest absolute Gasteiger partial charge is 0.319 e. The molecule has 5 nitrogen and oxygen atoms in total. The number of Topliss-reactive ketones (excluding diaryl/α,β-unsaturated/α-hetero) is 1. The van der Waals surface area contributed by atoms with E-state index in [0.29, 0.717) is 24.4 Å². The second kappa shape index (κ2) is 8.52. The highest BCUT2D eigenvalue weighted by atomic mass is 16.5. The first-order valence-corrected chi connectivity index (χ1v) is 9.02. The van der Waals surface area contributed by atoms with Gasteiger partial charge in [-0.15, -0.1) is 0 Å². The molecular formula is C21H24N2O3. The summed E-state index contributed by atoms with van der Waals surface area (Å²) in [6.07, 6.45) is 4.79. The van der Waals surface area contributed by atoms with E-state index >= 15 is 0 Å². The summed E-state index contributed by atoms with van der Waals surface area (Å²) in [5, 5.41) is 5.49. The monoisotopic (exact) mass is 352 g/mol. The van der Waals surface area contributed by atoms with Crippen LogP contribution in [0.2, 0.25) is 0 Å². The fourth-order valence-electron chi connectivity index (χ4n) is 3.10. The standard InChI is InChI=1S/C21H24N2O3/c1-15(24)16-6-9-19(10-7-16)23-21(25)22-12-13-26-20-11-8-17-4-2-3-5-18(17)14-20/h6-11,14H,2-5,12-13H2,1H3,(H2,22,23,25). The molecule has 0 spiro atoms. The quantitative estimate of drug-likeness (QED) is 0.611. The van der Waals surface area contributed by atoms with Crippen molar-refractivity contribution in [2.45, 2.75) is 32.6 Å². The van der Waals surface area contributed by atoms with Crippen LogP contribution in [-0.2, 0) is 12.8 Å². The minimum Gasteiger partial charge on any atom is -0.492 e. The number of rotatable bonds is 6. The van der Waals surface area contributed by atoms with Crippen LogP contribution < -0.4 is 15.4 Å². The maximum absolute atomic E-state index is 11.9. The lowest BCUT2D eigenvalue weighted by Gasteiger charge is -2.17. The van der Waals surface area contributed by atoms with Crippen LogP contribution in [0.1, 0.15) is 41.3 Å². The van der Waals surface area contributed by atoms with E-state index in [1.807, 2.05) is 6.07 Å². The summed E-state index contributed by atoms with van der Waals surface area (Å²) >= 11 is 0. The number of nitrogens with one attached hydrogen (secondary N) is 2. The SMILES string of the molecule is CC(=O)c1ccc(NC(=O)NCCOc2ccc3c(c2)CCCC3)cc1. The zero-order chi connectivity index (χ0) is 18.4. The molecule has 0 radical (unpaired) electrons. The number of anilines is 1. The summed E-state index contributed by atoms with van der Waals surface area (Å²) in [6.45, 7) is 2.33. The summed E-state index contributed by atoms with van der Waals surface area (Å²) in [7, 11) is 0. The molecule has 2 aromatic carbocycles. The van der Waals surface area contributed by atoms with Crippen molar-refractivity contribution in [2.75, 3.05) is 18.5 Å². The van der Waals surface area contributed by atoms with Gasteiger partial charge in [-0.05, 0) is 80.1 Å². The van der Waals surface area contributed by atoms with E-state index in [9.17, 15) is 9.59 Å². The molecule has 0 aromatic heterocycles. The molecule has 0 heterocycles. The number of hydrogen-bond acceptors (Lipinski definition) is 3. The zero-order valence-corrected chi connectivity index (χ0v) is 15.0. The highest BCUT2D eigenvalue weighted by Gasteiger charge is 2.10. The maximum Gasteiger partial charge on any atom is 0.319 e. The third-order valence-corrected chi connectivity index (χ3v) is 4.53. The van der Waals surface area contributed by atoms with Crippen molar-refractivity contribution >= 4 is 17.5 Å². The summed E-state index contributed by atoms with van der Waals surface area (Å²) in [6, 6.07) is 12.8. The van der Waals surface area contributed by atoms with E-state index in [4.69, 9.17) is 4.74 Å². The number of carbonyl (C=O) groups excluding carboxylic acids is 2. The molecule has 0 fully saturated rings. The van der Waals surface area contributed by atoms with Crippen molar-refractivity contribution in [1.29, 1.82) is 0 Å². The van der Waals surface area contributed by atoms with E-state index in [1.165, 1.54) is 30.9 Å². The van der Waals surface area contributed by atoms with E-state index in [1.54, 1.807) is 24.3 Å². The highest BCUT2D eigenvalue weighted by Crippen LogP contribution is 2.25. The number of fused-ring (bicyclic) bond motifs is 1. The number of urea groups is 1. The van der Waals surface area contributed by atoms with Gasteiger partial charge < -0.3 is 15.4 Å². The molecule has 2 amide bonds. The molecule has 0 aliphatic heterocycles. The van der Waals surface area contributed by atoms with Gasteiger partial charge in [-0.3, -0.25) is 4.79 Å². The van der Waals surface area contributed by atoms with Crippen molar-refractivity contribution in [2.24, 2.45) is 0 Å². The molecule has 0 saturated heterocycles. The molecule has 3 rings (SSSR count). The van der Waals surface area contributed by atoms with Crippen molar-refractivity contribution in [3.63, 3.8) is 0 Å². The molecule has 2 aromatic rings. The van der Waals surface area contributed by atoms with E-state index in [2.05, 4.69) is 22.8 Å². The van der Waals surface area contributed by atoms with Crippen molar-refractivity contribution in [3.8, 4) is 5.75 Å². The third-order valence-electron chi connectivity index (χ3n) is 4.53. The van der Waals surface area contributed by atoms with Gasteiger partial charge in [0.15, 0.2) is 5.78 Å². The van der Waals surface area contributed by atoms with Crippen LogP contribution in [-0.4, -0.2) is 25.0 Å². The Morgan fingerprint density at radius 3 is 2.46 bits per heavy atom. The van der Waals surface area contributed by atoms with Crippen molar-refractivity contribution in [3.05, 3.63) is 59.2 Å². The van der Waals surface area contributed by atoms with Gasteiger partial charge in [0.2, 0.25) is 0 Å². The average Bonchev–Trinajstić information content (AvgIpc) is 2.65. The van der Waals surface area contributed by atoms with E-state index in [0.717, 1.165) is 18.6 Å². The van der Waals surface area contributed by atoms with Gasteiger partial charge in [-0.1, -0.05) is 6.07 Å². The minimum atomic E-state index is -0.297. The van der Waals surface area contributed by atoms with Crippen LogP contribution in [0.15, 0.2) is 42.5 Å². The largest absolute Gasteiger partial charge is 0.492 e. The van der Waals surface area contributed by atoms with Gasteiger partial charge >= 0.3 is 6.03 Å². The van der Waals surface area contributed by atoms with Crippen LogP contribution >= 0.6 is 0 Å². The first kappa shape index (κ1) is 18.0. The Labute approximate surface area is 153 Å². The summed E-state index contributed by atoms with van der Waals surface area (Å²) in [5.74, 6) is 0.855.